The van der Waals surface area contributed by atoms with Crippen molar-refractivity contribution in [2.45, 2.75) is 39.9 Å². The molecule has 0 rings (SSSR count). The van der Waals surface area contributed by atoms with Crippen molar-refractivity contribution in [2.24, 2.45) is 0 Å². The van der Waals surface area contributed by atoms with Gasteiger partial charge in [0.2, 0.25) is 0 Å². The van der Waals surface area contributed by atoms with Crippen LogP contribution < -0.4 is 6.15 Å². The molecule has 0 unspecified atom stereocenters. The van der Waals surface area contributed by atoms with Crippen LogP contribution in [-0.4, -0.2) is 12.2 Å². The third-order valence-corrected chi connectivity index (χ3v) is 0.544. The third-order valence-electron chi connectivity index (χ3n) is 0.544. The van der Waals surface area contributed by atoms with E-state index in [0.29, 0.717) is 12.2 Å². The molecule has 2 nitrogen and oxygen atoms in total. The number of rotatable bonds is 2. The fourth-order valence-corrected chi connectivity index (χ4v) is 0.544. The maximum atomic E-state index is 5.25. The molecule has 0 bridgehead atoms. The molecule has 0 saturated heterocycles. The van der Waals surface area contributed by atoms with Crippen LogP contribution in [-0.2, 0) is 4.74 Å². The molecule has 0 aliphatic rings. The predicted molar refractivity (Wildman–Crippen MR) is 36.4 cm³/mol. The molecule has 0 amide bonds. The first-order valence-corrected chi connectivity index (χ1v) is 2.78. The maximum Gasteiger partial charge on any atom is 0.0522 e. The smallest absolute Gasteiger partial charge is 0.0522 e. The zero-order valence-corrected chi connectivity index (χ0v) is 6.27. The topological polar surface area (TPSA) is 44.2 Å². The Bertz CT molecular complexity index is 37.8. The summed E-state index contributed by atoms with van der Waals surface area (Å²) in [6.45, 7) is 8.17. The first-order valence-electron chi connectivity index (χ1n) is 2.78. The summed E-state index contributed by atoms with van der Waals surface area (Å²) in [7, 11) is 0. The molecule has 0 spiro atoms. The van der Waals surface area contributed by atoms with Crippen LogP contribution in [0.25, 0.3) is 0 Å². The van der Waals surface area contributed by atoms with Crippen molar-refractivity contribution < 1.29 is 4.74 Å². The van der Waals surface area contributed by atoms with Gasteiger partial charge in [-0.05, 0) is 27.7 Å². The lowest BCUT2D eigenvalue weighted by Gasteiger charge is -2.09. The highest BCUT2D eigenvalue weighted by atomic mass is 16.5. The van der Waals surface area contributed by atoms with E-state index >= 15 is 0 Å². The molecule has 0 aromatic heterocycles. The molecule has 0 fully saturated rings. The van der Waals surface area contributed by atoms with Crippen LogP contribution in [0.2, 0.25) is 0 Å². The van der Waals surface area contributed by atoms with Crippen molar-refractivity contribution in [3.8, 4) is 0 Å². The van der Waals surface area contributed by atoms with Crippen molar-refractivity contribution in [1.29, 1.82) is 0 Å². The lowest BCUT2D eigenvalue weighted by molar-refractivity contribution is 0.0300. The molecular weight excluding hydrogens is 102 g/mol. The molecule has 0 aliphatic carbocycles. The monoisotopic (exact) mass is 119 g/mol. The summed E-state index contributed by atoms with van der Waals surface area (Å²) < 4.78 is 5.25. The van der Waals surface area contributed by atoms with Gasteiger partial charge < -0.3 is 10.9 Å². The van der Waals surface area contributed by atoms with Gasteiger partial charge in [-0.25, -0.2) is 0 Å². The number of hydrogen-bond acceptors (Lipinski definition) is 2. The molecule has 0 radical (unpaired) electrons. The Labute approximate surface area is 51.8 Å². The summed E-state index contributed by atoms with van der Waals surface area (Å²) in [5, 5.41) is 0. The van der Waals surface area contributed by atoms with Gasteiger partial charge in [0.25, 0.3) is 0 Å². The Morgan fingerprint density at radius 3 is 1.12 bits per heavy atom. The van der Waals surface area contributed by atoms with Crippen molar-refractivity contribution in [2.75, 3.05) is 0 Å². The highest BCUT2D eigenvalue weighted by molar-refractivity contribution is 4.40. The van der Waals surface area contributed by atoms with Gasteiger partial charge in [-0.2, -0.15) is 0 Å². The third kappa shape index (κ3) is 9.33. The van der Waals surface area contributed by atoms with Crippen LogP contribution in [0.1, 0.15) is 27.7 Å². The zero-order valence-electron chi connectivity index (χ0n) is 6.27. The summed E-state index contributed by atoms with van der Waals surface area (Å²) in [6, 6.07) is 0. The minimum absolute atomic E-state index is 0. The molecule has 0 aromatic carbocycles. The van der Waals surface area contributed by atoms with E-state index in [1.807, 2.05) is 27.7 Å². The van der Waals surface area contributed by atoms with Crippen LogP contribution in [0.3, 0.4) is 0 Å². The van der Waals surface area contributed by atoms with Gasteiger partial charge in [-0.15, -0.1) is 0 Å². The van der Waals surface area contributed by atoms with E-state index in [1.165, 1.54) is 0 Å². The van der Waals surface area contributed by atoms with E-state index in [4.69, 9.17) is 4.74 Å². The first kappa shape index (κ1) is 10.8. The Kier molecular flexibility index (Phi) is 6.85. The second-order valence-electron chi connectivity index (χ2n) is 2.23. The van der Waals surface area contributed by atoms with Crippen molar-refractivity contribution in [3.05, 3.63) is 0 Å². The summed E-state index contributed by atoms with van der Waals surface area (Å²) in [6.07, 6.45) is 0.750. The van der Waals surface area contributed by atoms with Crippen LogP contribution in [0, 0.1) is 0 Å². The molecular formula is C6H17NO. The quantitative estimate of drug-likeness (QED) is 0.604. The predicted octanol–water partition coefficient (Wildman–Crippen LogP) is 1.98. The Hall–Kier alpha value is -0.0800. The summed E-state index contributed by atoms with van der Waals surface area (Å²) in [5.74, 6) is 0. The van der Waals surface area contributed by atoms with Gasteiger partial charge in [0.1, 0.15) is 0 Å². The van der Waals surface area contributed by atoms with Gasteiger partial charge in [-0.1, -0.05) is 0 Å². The molecule has 52 valence electrons. The zero-order chi connectivity index (χ0) is 5.86. The van der Waals surface area contributed by atoms with Crippen LogP contribution in [0.15, 0.2) is 0 Å². The standard InChI is InChI=1S/C6H14O.H3N/c1-5(2)7-6(3)4;/h5-6H,1-4H3;1H3. The lowest BCUT2D eigenvalue weighted by Crippen LogP contribution is -2.09. The van der Waals surface area contributed by atoms with E-state index in [0.717, 1.165) is 0 Å². The fourth-order valence-electron chi connectivity index (χ4n) is 0.544. The van der Waals surface area contributed by atoms with Gasteiger partial charge in [0.05, 0.1) is 12.2 Å². The van der Waals surface area contributed by atoms with Crippen LogP contribution in [0.4, 0.5) is 0 Å². The second kappa shape index (κ2) is 5.06. The van der Waals surface area contributed by atoms with Gasteiger partial charge in [-0.3, -0.25) is 0 Å². The van der Waals surface area contributed by atoms with Gasteiger partial charge >= 0.3 is 0 Å². The van der Waals surface area contributed by atoms with Gasteiger partial charge in [0.15, 0.2) is 0 Å². The van der Waals surface area contributed by atoms with Crippen molar-refractivity contribution in [1.82, 2.24) is 6.15 Å². The minimum Gasteiger partial charge on any atom is -0.376 e. The molecule has 0 aromatic rings. The normalized spacial score (nSPS) is 9.75. The van der Waals surface area contributed by atoms with E-state index < -0.39 is 0 Å². The van der Waals surface area contributed by atoms with Crippen LogP contribution >= 0.6 is 0 Å². The number of hydrogen-bond donors (Lipinski definition) is 1. The molecule has 0 heterocycles. The molecule has 0 atom stereocenters. The highest BCUT2D eigenvalue weighted by Crippen LogP contribution is 1.93. The molecule has 2 heteroatoms. The number of ether oxygens (including phenoxy) is 1. The van der Waals surface area contributed by atoms with Gasteiger partial charge in [0, 0.05) is 0 Å². The summed E-state index contributed by atoms with van der Waals surface area (Å²) in [5.41, 5.74) is 0. The first-order chi connectivity index (χ1) is 3.13. The summed E-state index contributed by atoms with van der Waals surface area (Å²) >= 11 is 0. The van der Waals surface area contributed by atoms with Crippen molar-refractivity contribution in [3.63, 3.8) is 0 Å². The second-order valence-corrected chi connectivity index (χ2v) is 2.23. The molecule has 0 aliphatic heterocycles. The largest absolute Gasteiger partial charge is 0.376 e. The highest BCUT2D eigenvalue weighted by Gasteiger charge is 1.94. The molecule has 8 heavy (non-hydrogen) atoms. The van der Waals surface area contributed by atoms with E-state index in [1.54, 1.807) is 0 Å². The lowest BCUT2D eigenvalue weighted by atomic mass is 10.4. The average Bonchev–Trinajstić information content (AvgIpc) is 1.27. The minimum atomic E-state index is 0. The Morgan fingerprint density at radius 1 is 0.875 bits per heavy atom. The van der Waals surface area contributed by atoms with E-state index in [-0.39, 0.29) is 6.15 Å². The van der Waals surface area contributed by atoms with Crippen LogP contribution in [0.5, 0.6) is 0 Å². The van der Waals surface area contributed by atoms with E-state index in [9.17, 15) is 0 Å². The Morgan fingerprint density at radius 2 is 1.12 bits per heavy atom. The fraction of sp³-hybridized carbons (Fsp3) is 1.00. The van der Waals surface area contributed by atoms with Crippen molar-refractivity contribution >= 4 is 0 Å². The summed E-state index contributed by atoms with van der Waals surface area (Å²) in [4.78, 5) is 0. The molecule has 0 saturated carbocycles. The average molecular weight is 119 g/mol. The SMILES string of the molecule is CC(C)OC(C)C.N. The molecule has 3 N–H and O–H groups in total. The Balaban J connectivity index is 0. The van der Waals surface area contributed by atoms with E-state index in [2.05, 4.69) is 0 Å². The maximum absolute atomic E-state index is 5.25.